The largest absolute Gasteiger partial charge is 0.370 e. The van der Waals surface area contributed by atoms with Crippen molar-refractivity contribution in [3.63, 3.8) is 0 Å². The van der Waals surface area contributed by atoms with Crippen molar-refractivity contribution in [3.8, 4) is 0 Å². The molecule has 0 radical (unpaired) electrons. The Balaban J connectivity index is 2.25. The summed E-state index contributed by atoms with van der Waals surface area (Å²) < 4.78 is 0. The molecule has 0 aromatic carbocycles. The molecule has 0 fully saturated rings. The molecule has 0 aliphatic rings. The minimum absolute atomic E-state index is 0.448. The van der Waals surface area contributed by atoms with Crippen LogP contribution >= 0.6 is 11.3 Å². The first-order valence-electron chi connectivity index (χ1n) is 5.05. The zero-order valence-corrected chi connectivity index (χ0v) is 10.5. The second kappa shape index (κ2) is 6.22. The third-order valence-electron chi connectivity index (χ3n) is 1.73. The molecule has 1 aromatic heterocycles. The van der Waals surface area contributed by atoms with Gasteiger partial charge in [0.1, 0.15) is 10.0 Å². The second-order valence-electron chi connectivity index (χ2n) is 3.55. The van der Waals surface area contributed by atoms with Crippen molar-refractivity contribution in [2.75, 3.05) is 13.1 Å². The molecule has 1 aromatic rings. The van der Waals surface area contributed by atoms with E-state index >= 15 is 0 Å². The highest BCUT2D eigenvalue weighted by Gasteiger charge is 1.99. The van der Waals surface area contributed by atoms with E-state index in [1.807, 2.05) is 13.8 Å². The predicted molar refractivity (Wildman–Crippen MR) is 67.7 cm³/mol. The third-order valence-corrected chi connectivity index (χ3v) is 2.63. The Hall–Kier alpha value is -1.43. The van der Waals surface area contributed by atoms with Gasteiger partial charge >= 0.3 is 0 Å². The molecule has 1 rings (SSSR count). The number of nitrogens with two attached hydrogens (primary N) is 1. The first kappa shape index (κ1) is 12.6. The number of hydrogen-bond donors (Lipinski definition) is 2. The van der Waals surface area contributed by atoms with Crippen molar-refractivity contribution < 1.29 is 0 Å². The van der Waals surface area contributed by atoms with E-state index in [0.717, 1.165) is 28.6 Å². The third kappa shape index (κ3) is 4.88. The summed E-state index contributed by atoms with van der Waals surface area (Å²) in [4.78, 5) is 4.11. The highest BCUT2D eigenvalue weighted by atomic mass is 32.1. The van der Waals surface area contributed by atoms with Crippen LogP contribution in [0.3, 0.4) is 0 Å². The molecular formula is C10H17N5S. The van der Waals surface area contributed by atoms with Crippen LogP contribution in [0.5, 0.6) is 0 Å². The maximum atomic E-state index is 5.66. The monoisotopic (exact) mass is 239 g/mol. The van der Waals surface area contributed by atoms with Crippen molar-refractivity contribution in [3.05, 3.63) is 22.2 Å². The Bertz CT molecular complexity index is 382. The summed E-state index contributed by atoms with van der Waals surface area (Å²) in [5, 5.41) is 13.0. The fraction of sp³-hybridized carbons (Fsp3) is 0.500. The molecule has 0 unspecified atom stereocenters. The van der Waals surface area contributed by atoms with E-state index in [0.29, 0.717) is 12.5 Å². The summed E-state index contributed by atoms with van der Waals surface area (Å²) in [5.41, 5.74) is 6.65. The number of rotatable bonds is 5. The molecule has 0 saturated heterocycles. The molecule has 1 heterocycles. The molecule has 0 bridgehead atoms. The van der Waals surface area contributed by atoms with Gasteiger partial charge in [-0.05, 0) is 13.8 Å². The summed E-state index contributed by atoms with van der Waals surface area (Å²) >= 11 is 1.60. The van der Waals surface area contributed by atoms with E-state index < -0.39 is 0 Å². The Morgan fingerprint density at radius 1 is 1.56 bits per heavy atom. The van der Waals surface area contributed by atoms with Crippen molar-refractivity contribution in [2.24, 2.45) is 10.7 Å². The van der Waals surface area contributed by atoms with Gasteiger partial charge in [-0.25, -0.2) is 4.99 Å². The van der Waals surface area contributed by atoms with Gasteiger partial charge < -0.3 is 11.1 Å². The van der Waals surface area contributed by atoms with Gasteiger partial charge in [0.15, 0.2) is 5.96 Å². The predicted octanol–water partition coefficient (Wildman–Crippen LogP) is 0.869. The minimum Gasteiger partial charge on any atom is -0.370 e. The zero-order valence-electron chi connectivity index (χ0n) is 9.66. The van der Waals surface area contributed by atoms with E-state index in [1.165, 1.54) is 0 Å². The lowest BCUT2D eigenvalue weighted by molar-refractivity contribution is 0.829. The summed E-state index contributed by atoms with van der Waals surface area (Å²) in [7, 11) is 0. The van der Waals surface area contributed by atoms with E-state index in [4.69, 9.17) is 5.73 Å². The average Bonchev–Trinajstić information content (AvgIpc) is 2.61. The first-order valence-corrected chi connectivity index (χ1v) is 5.86. The first-order chi connectivity index (χ1) is 7.58. The Labute approximate surface area is 99.5 Å². The van der Waals surface area contributed by atoms with Crippen LogP contribution in [0, 0.1) is 6.92 Å². The number of aryl methyl sites for hydroxylation is 1. The highest BCUT2D eigenvalue weighted by molar-refractivity contribution is 7.11. The maximum Gasteiger partial charge on any atom is 0.188 e. The van der Waals surface area contributed by atoms with Crippen LogP contribution in [0.2, 0.25) is 0 Å². The van der Waals surface area contributed by atoms with Crippen molar-refractivity contribution in [1.29, 1.82) is 0 Å². The fourth-order valence-corrected chi connectivity index (χ4v) is 1.72. The van der Waals surface area contributed by atoms with Crippen LogP contribution in [0.1, 0.15) is 16.9 Å². The van der Waals surface area contributed by atoms with Crippen molar-refractivity contribution in [1.82, 2.24) is 15.5 Å². The number of hydrogen-bond acceptors (Lipinski definition) is 4. The van der Waals surface area contributed by atoms with Gasteiger partial charge in [0, 0.05) is 13.0 Å². The molecule has 0 aliphatic carbocycles. The summed E-state index contributed by atoms with van der Waals surface area (Å²) in [6.45, 7) is 8.90. The number of nitrogens with one attached hydrogen (secondary N) is 1. The molecule has 16 heavy (non-hydrogen) atoms. The van der Waals surface area contributed by atoms with Gasteiger partial charge in [-0.3, -0.25) is 0 Å². The van der Waals surface area contributed by atoms with Crippen LogP contribution < -0.4 is 11.1 Å². The second-order valence-corrected chi connectivity index (χ2v) is 4.82. The van der Waals surface area contributed by atoms with Gasteiger partial charge in [-0.15, -0.1) is 21.5 Å². The van der Waals surface area contributed by atoms with Crippen molar-refractivity contribution in [2.45, 2.75) is 20.3 Å². The molecule has 0 spiro atoms. The maximum absolute atomic E-state index is 5.66. The quantitative estimate of drug-likeness (QED) is 0.454. The van der Waals surface area contributed by atoms with Gasteiger partial charge in [-0.1, -0.05) is 12.2 Å². The van der Waals surface area contributed by atoms with Crippen LogP contribution in [-0.4, -0.2) is 29.2 Å². The van der Waals surface area contributed by atoms with Crippen LogP contribution in [0.15, 0.2) is 17.1 Å². The van der Waals surface area contributed by atoms with E-state index in [2.05, 4.69) is 27.1 Å². The normalized spacial score (nSPS) is 11.5. The molecule has 0 atom stereocenters. The molecule has 0 aliphatic heterocycles. The number of guanidine groups is 1. The zero-order chi connectivity index (χ0) is 12.0. The van der Waals surface area contributed by atoms with E-state index in [9.17, 15) is 0 Å². The fourth-order valence-electron chi connectivity index (χ4n) is 1.01. The van der Waals surface area contributed by atoms with Gasteiger partial charge in [0.25, 0.3) is 0 Å². The number of nitrogens with zero attached hydrogens (tertiary/aromatic N) is 3. The van der Waals surface area contributed by atoms with Gasteiger partial charge in [0.05, 0.1) is 6.54 Å². The Morgan fingerprint density at radius 2 is 2.31 bits per heavy atom. The number of aliphatic imine (C=N–C) groups is 1. The van der Waals surface area contributed by atoms with Crippen molar-refractivity contribution >= 4 is 17.3 Å². The standard InChI is InChI=1S/C10H17N5S/c1-7(2)6-13-10(11)12-5-4-9-15-14-8(3)16-9/h1,4-6H2,2-3H3,(H3,11,12,13). The topological polar surface area (TPSA) is 76.2 Å². The highest BCUT2D eigenvalue weighted by Crippen LogP contribution is 2.07. The lowest BCUT2D eigenvalue weighted by atomic mass is 10.4. The lowest BCUT2D eigenvalue weighted by Crippen LogP contribution is -2.33. The lowest BCUT2D eigenvalue weighted by Gasteiger charge is -2.03. The summed E-state index contributed by atoms with van der Waals surface area (Å²) in [5.74, 6) is 0.448. The Kier molecular flexibility index (Phi) is 4.91. The van der Waals surface area contributed by atoms with Gasteiger partial charge in [-0.2, -0.15) is 0 Å². The molecule has 3 N–H and O–H groups in total. The molecule has 88 valence electrons. The van der Waals surface area contributed by atoms with Crippen LogP contribution in [0.25, 0.3) is 0 Å². The van der Waals surface area contributed by atoms with Gasteiger partial charge in [0.2, 0.25) is 0 Å². The van der Waals surface area contributed by atoms with Crippen LogP contribution in [-0.2, 0) is 6.42 Å². The summed E-state index contributed by atoms with van der Waals surface area (Å²) in [6, 6.07) is 0. The molecule has 0 amide bonds. The molecule has 6 heteroatoms. The molecular weight excluding hydrogens is 222 g/mol. The van der Waals surface area contributed by atoms with Crippen LogP contribution in [0.4, 0.5) is 0 Å². The van der Waals surface area contributed by atoms with E-state index in [-0.39, 0.29) is 0 Å². The smallest absolute Gasteiger partial charge is 0.188 e. The summed E-state index contributed by atoms with van der Waals surface area (Å²) in [6.07, 6.45) is 0.814. The van der Waals surface area contributed by atoms with E-state index in [1.54, 1.807) is 11.3 Å². The Morgan fingerprint density at radius 3 is 2.88 bits per heavy atom. The number of aromatic nitrogens is 2. The minimum atomic E-state index is 0.448. The molecule has 0 saturated carbocycles. The molecule has 5 nitrogen and oxygen atoms in total. The average molecular weight is 239 g/mol. The SMILES string of the molecule is C=C(C)CN=C(N)NCCc1nnc(C)s1.